The fourth-order valence-corrected chi connectivity index (χ4v) is 4.36. The summed E-state index contributed by atoms with van der Waals surface area (Å²) in [6.45, 7) is 0.836. The maximum Gasteiger partial charge on any atom is 0.115 e. The van der Waals surface area contributed by atoms with Gasteiger partial charge >= 0.3 is 0 Å². The van der Waals surface area contributed by atoms with Crippen molar-refractivity contribution in [1.29, 1.82) is 0 Å². The predicted molar refractivity (Wildman–Crippen MR) is 112 cm³/mol. The molecule has 5 rings (SSSR count). The molecule has 3 N–H and O–H groups in total. The van der Waals surface area contributed by atoms with Gasteiger partial charge in [0.2, 0.25) is 0 Å². The summed E-state index contributed by atoms with van der Waals surface area (Å²) in [4.78, 5) is 5.93. The van der Waals surface area contributed by atoms with Gasteiger partial charge in [0.15, 0.2) is 0 Å². The summed E-state index contributed by atoms with van der Waals surface area (Å²) in [5, 5.41) is 21.3. The van der Waals surface area contributed by atoms with Crippen molar-refractivity contribution in [2.24, 2.45) is 0 Å². The lowest BCUT2D eigenvalue weighted by molar-refractivity contribution is 0.474. The van der Waals surface area contributed by atoms with Crippen LogP contribution in [0.1, 0.15) is 22.9 Å². The zero-order valence-electron chi connectivity index (χ0n) is 15.1. The number of rotatable bonds is 2. The molecule has 140 valence electrons. The summed E-state index contributed by atoms with van der Waals surface area (Å²) in [6.07, 6.45) is 0.894. The number of hydrogen-bond donors (Lipinski definition) is 3. The molecule has 1 atom stereocenters. The highest BCUT2D eigenvalue weighted by Crippen LogP contribution is 2.41. The summed E-state index contributed by atoms with van der Waals surface area (Å²) in [6, 6.07) is 20.6. The van der Waals surface area contributed by atoms with Gasteiger partial charge in [0, 0.05) is 33.9 Å². The minimum absolute atomic E-state index is 0.0277. The van der Waals surface area contributed by atoms with Gasteiger partial charge in [-0.05, 0) is 72.1 Å². The molecule has 5 heteroatoms. The Morgan fingerprint density at radius 3 is 2.29 bits per heavy atom. The van der Waals surface area contributed by atoms with E-state index in [1.807, 2.05) is 42.5 Å². The fraction of sp³-hybridized carbons (Fsp3) is 0.130. The van der Waals surface area contributed by atoms with Gasteiger partial charge in [-0.1, -0.05) is 23.7 Å². The molecular weight excluding hydrogens is 372 g/mol. The van der Waals surface area contributed by atoms with Gasteiger partial charge in [0.1, 0.15) is 11.5 Å². The zero-order chi connectivity index (χ0) is 19.3. The molecule has 0 amide bonds. The first-order valence-corrected chi connectivity index (χ1v) is 9.62. The number of nitrogens with zero attached hydrogens (tertiary/aromatic N) is 1. The van der Waals surface area contributed by atoms with Crippen LogP contribution in [0.5, 0.6) is 11.5 Å². The number of fused-ring (bicyclic) bond motifs is 3. The third kappa shape index (κ3) is 2.77. The quantitative estimate of drug-likeness (QED) is 0.430. The number of aromatic nitrogens is 1. The van der Waals surface area contributed by atoms with Crippen LogP contribution >= 0.6 is 11.6 Å². The molecule has 3 aromatic carbocycles. The molecule has 0 aliphatic carbocycles. The summed E-state index contributed by atoms with van der Waals surface area (Å²) in [7, 11) is 0. The Morgan fingerprint density at radius 2 is 1.57 bits per heavy atom. The van der Waals surface area contributed by atoms with E-state index in [0.717, 1.165) is 45.8 Å². The first kappa shape index (κ1) is 17.0. The maximum absolute atomic E-state index is 9.74. The second-order valence-electron chi connectivity index (χ2n) is 7.16. The third-order valence-corrected chi connectivity index (χ3v) is 5.71. The van der Waals surface area contributed by atoms with Crippen LogP contribution in [0.15, 0.2) is 66.7 Å². The van der Waals surface area contributed by atoms with E-state index in [1.54, 1.807) is 24.3 Å². The van der Waals surface area contributed by atoms with E-state index in [-0.39, 0.29) is 17.5 Å². The van der Waals surface area contributed by atoms with E-state index in [1.165, 1.54) is 5.56 Å². The topological polar surface area (TPSA) is 59.5 Å². The molecule has 0 radical (unpaired) electrons. The third-order valence-electron chi connectivity index (χ3n) is 5.48. The minimum Gasteiger partial charge on any atom is -0.508 e. The van der Waals surface area contributed by atoms with Crippen molar-refractivity contribution < 1.29 is 10.2 Å². The highest BCUT2D eigenvalue weighted by atomic mass is 35.5. The number of H-pyrrole nitrogens is 1. The van der Waals surface area contributed by atoms with Gasteiger partial charge in [-0.15, -0.1) is 0 Å². The smallest absolute Gasteiger partial charge is 0.115 e. The fourth-order valence-electron chi connectivity index (χ4n) is 4.19. The van der Waals surface area contributed by atoms with Crippen molar-refractivity contribution in [2.45, 2.75) is 12.5 Å². The number of aromatic amines is 1. The molecule has 0 fully saturated rings. The first-order chi connectivity index (χ1) is 13.6. The second-order valence-corrected chi connectivity index (χ2v) is 7.60. The van der Waals surface area contributed by atoms with E-state index in [0.29, 0.717) is 0 Å². The van der Waals surface area contributed by atoms with Crippen LogP contribution in [0.2, 0.25) is 5.02 Å². The molecule has 2 heterocycles. The molecule has 1 aromatic heterocycles. The van der Waals surface area contributed by atoms with Gasteiger partial charge < -0.3 is 20.1 Å². The second kappa shape index (κ2) is 6.50. The lowest BCUT2D eigenvalue weighted by Crippen LogP contribution is -2.36. The van der Waals surface area contributed by atoms with Crippen LogP contribution in [0, 0.1) is 0 Å². The van der Waals surface area contributed by atoms with Gasteiger partial charge in [0.05, 0.1) is 6.04 Å². The summed E-state index contributed by atoms with van der Waals surface area (Å²) in [5.41, 5.74) is 5.63. The molecule has 1 unspecified atom stereocenters. The number of benzene rings is 3. The molecular formula is C23H19ClN2O2. The van der Waals surface area contributed by atoms with Crippen LogP contribution in [0.4, 0.5) is 5.69 Å². The van der Waals surface area contributed by atoms with Gasteiger partial charge in [0.25, 0.3) is 0 Å². The molecule has 0 saturated carbocycles. The van der Waals surface area contributed by atoms with Crippen LogP contribution < -0.4 is 4.90 Å². The van der Waals surface area contributed by atoms with Crippen LogP contribution in [-0.2, 0) is 6.42 Å². The van der Waals surface area contributed by atoms with Crippen molar-refractivity contribution in [3.8, 4) is 11.5 Å². The van der Waals surface area contributed by atoms with E-state index in [4.69, 9.17) is 11.6 Å². The van der Waals surface area contributed by atoms with Crippen molar-refractivity contribution >= 4 is 28.2 Å². The van der Waals surface area contributed by atoms with Crippen molar-refractivity contribution in [3.63, 3.8) is 0 Å². The summed E-state index contributed by atoms with van der Waals surface area (Å²) >= 11 is 6.25. The summed E-state index contributed by atoms with van der Waals surface area (Å²) in [5.74, 6) is 0.502. The average Bonchev–Trinajstić information content (AvgIpc) is 3.06. The number of nitrogens with one attached hydrogen (secondary N) is 1. The van der Waals surface area contributed by atoms with Crippen molar-refractivity contribution in [1.82, 2.24) is 4.98 Å². The molecule has 0 spiro atoms. The first-order valence-electron chi connectivity index (χ1n) is 9.25. The molecule has 0 bridgehead atoms. The number of halogens is 1. The predicted octanol–water partition coefficient (Wildman–Crippen LogP) is 5.38. The number of aromatic hydroxyl groups is 2. The number of phenolic OH excluding ortho intramolecular Hbond substituents is 2. The molecule has 4 aromatic rings. The highest BCUT2D eigenvalue weighted by molar-refractivity contribution is 6.31. The zero-order valence-corrected chi connectivity index (χ0v) is 15.8. The molecule has 4 nitrogen and oxygen atoms in total. The Labute approximate surface area is 167 Å². The van der Waals surface area contributed by atoms with Crippen molar-refractivity contribution in [3.05, 3.63) is 88.6 Å². The molecule has 1 aliphatic heterocycles. The Morgan fingerprint density at radius 1 is 0.893 bits per heavy atom. The van der Waals surface area contributed by atoms with E-state index < -0.39 is 0 Å². The highest BCUT2D eigenvalue weighted by Gasteiger charge is 2.32. The van der Waals surface area contributed by atoms with Crippen LogP contribution in [0.3, 0.4) is 0 Å². The monoisotopic (exact) mass is 390 g/mol. The van der Waals surface area contributed by atoms with E-state index in [2.05, 4.69) is 9.88 Å². The number of hydrogen-bond acceptors (Lipinski definition) is 3. The lowest BCUT2D eigenvalue weighted by atomic mass is 9.91. The largest absolute Gasteiger partial charge is 0.508 e. The molecule has 28 heavy (non-hydrogen) atoms. The maximum atomic E-state index is 9.74. The number of anilines is 1. The Kier molecular flexibility index (Phi) is 3.95. The Bertz CT molecular complexity index is 1150. The lowest BCUT2D eigenvalue weighted by Gasteiger charge is -2.38. The van der Waals surface area contributed by atoms with E-state index in [9.17, 15) is 10.2 Å². The van der Waals surface area contributed by atoms with E-state index >= 15 is 0 Å². The molecule has 0 saturated heterocycles. The van der Waals surface area contributed by atoms with Gasteiger partial charge in [-0.25, -0.2) is 0 Å². The number of phenols is 2. The Balaban J connectivity index is 1.70. The minimum atomic E-state index is -0.0277. The van der Waals surface area contributed by atoms with Crippen molar-refractivity contribution in [2.75, 3.05) is 11.4 Å². The van der Waals surface area contributed by atoms with Crippen LogP contribution in [0.25, 0.3) is 10.9 Å². The van der Waals surface area contributed by atoms with Gasteiger partial charge in [-0.3, -0.25) is 0 Å². The SMILES string of the molecule is Oc1ccc(C2c3[nH]c4ccc(Cl)cc4c3CCN2c2ccc(O)cc2)cc1. The normalized spacial score (nSPS) is 16.3. The van der Waals surface area contributed by atoms with Gasteiger partial charge in [-0.2, -0.15) is 0 Å². The summed E-state index contributed by atoms with van der Waals surface area (Å²) < 4.78 is 0. The van der Waals surface area contributed by atoms with Crippen LogP contribution in [-0.4, -0.2) is 21.7 Å². The average molecular weight is 391 g/mol. The Hall–Kier alpha value is -3.11. The standard InChI is InChI=1S/C23H19ClN2O2/c24-15-3-10-21-20(13-15)19-11-12-26(16-4-8-18(28)9-5-16)23(22(19)25-21)14-1-6-17(27)7-2-14/h1-10,13,23,25,27-28H,11-12H2. The molecule has 1 aliphatic rings.